The van der Waals surface area contributed by atoms with Crippen LogP contribution in [0, 0.1) is 5.92 Å². The van der Waals surface area contributed by atoms with Crippen LogP contribution in [0.2, 0.25) is 0 Å². The fourth-order valence-corrected chi connectivity index (χ4v) is 6.87. The van der Waals surface area contributed by atoms with Gasteiger partial charge in [-0.1, -0.05) is 24.3 Å². The highest BCUT2D eigenvalue weighted by Gasteiger charge is 2.48. The van der Waals surface area contributed by atoms with Crippen LogP contribution < -0.4 is 14.8 Å². The van der Waals surface area contributed by atoms with E-state index in [1.807, 2.05) is 36.4 Å². The summed E-state index contributed by atoms with van der Waals surface area (Å²) < 4.78 is 39.8. The van der Waals surface area contributed by atoms with Crippen molar-refractivity contribution >= 4 is 15.7 Å². The van der Waals surface area contributed by atoms with Crippen molar-refractivity contribution in [3.05, 3.63) is 72.3 Å². The van der Waals surface area contributed by atoms with Crippen molar-refractivity contribution < 1.29 is 23.0 Å². The molecule has 2 aliphatic rings. The zero-order chi connectivity index (χ0) is 23.9. The molecule has 178 valence electrons. The van der Waals surface area contributed by atoms with E-state index in [2.05, 4.69) is 11.4 Å². The van der Waals surface area contributed by atoms with Crippen LogP contribution in [0.3, 0.4) is 0 Å². The number of hydrogen-bond acceptors (Lipinski definition) is 6. The smallest absolute Gasteiger partial charge is 0.243 e. The van der Waals surface area contributed by atoms with E-state index in [0.29, 0.717) is 18.7 Å². The van der Waals surface area contributed by atoms with Crippen molar-refractivity contribution in [2.24, 2.45) is 5.92 Å². The average Bonchev–Trinajstić information content (AvgIpc) is 3.34. The Labute approximate surface area is 200 Å². The van der Waals surface area contributed by atoms with Gasteiger partial charge in [-0.2, -0.15) is 4.31 Å². The van der Waals surface area contributed by atoms with Crippen molar-refractivity contribution in [3.63, 3.8) is 0 Å². The maximum absolute atomic E-state index is 13.8. The molecule has 3 aromatic carbocycles. The Hall–Kier alpha value is -3.07. The largest absolute Gasteiger partial charge is 0.497 e. The van der Waals surface area contributed by atoms with E-state index in [0.717, 1.165) is 28.1 Å². The first kappa shape index (κ1) is 22.7. The van der Waals surface area contributed by atoms with Crippen LogP contribution in [0.15, 0.2) is 71.6 Å². The van der Waals surface area contributed by atoms with Crippen LogP contribution in [0.5, 0.6) is 11.5 Å². The van der Waals surface area contributed by atoms with Gasteiger partial charge in [0.2, 0.25) is 10.0 Å². The lowest BCUT2D eigenvalue weighted by Crippen LogP contribution is -2.42. The van der Waals surface area contributed by atoms with Crippen molar-refractivity contribution in [1.82, 2.24) is 4.31 Å². The molecular weight excluding hydrogens is 452 g/mol. The van der Waals surface area contributed by atoms with Gasteiger partial charge in [-0.15, -0.1) is 0 Å². The van der Waals surface area contributed by atoms with E-state index in [1.165, 1.54) is 7.11 Å². The van der Waals surface area contributed by atoms with Gasteiger partial charge < -0.3 is 19.9 Å². The molecule has 7 nitrogen and oxygen atoms in total. The van der Waals surface area contributed by atoms with Gasteiger partial charge in [0.25, 0.3) is 0 Å². The third kappa shape index (κ3) is 3.81. The molecule has 3 atom stereocenters. The second-order valence-electron chi connectivity index (χ2n) is 8.66. The fourth-order valence-electron chi connectivity index (χ4n) is 5.17. The fraction of sp³-hybridized carbons (Fsp3) is 0.308. The quantitative estimate of drug-likeness (QED) is 0.556. The van der Waals surface area contributed by atoms with E-state index < -0.39 is 10.0 Å². The predicted octanol–water partition coefficient (Wildman–Crippen LogP) is 3.91. The molecule has 0 saturated carbocycles. The summed E-state index contributed by atoms with van der Waals surface area (Å²) in [5.41, 5.74) is 3.73. The molecule has 2 aliphatic heterocycles. The minimum Gasteiger partial charge on any atom is -0.497 e. The first-order valence-corrected chi connectivity index (χ1v) is 12.7. The van der Waals surface area contributed by atoms with E-state index in [4.69, 9.17) is 9.47 Å². The van der Waals surface area contributed by atoms with Crippen molar-refractivity contribution in [2.45, 2.75) is 23.4 Å². The third-order valence-electron chi connectivity index (χ3n) is 6.87. The average molecular weight is 481 g/mol. The molecule has 5 rings (SSSR count). The van der Waals surface area contributed by atoms with E-state index in [-0.39, 0.29) is 29.5 Å². The minimum atomic E-state index is -3.78. The molecule has 0 amide bonds. The molecule has 3 aromatic rings. The lowest BCUT2D eigenvalue weighted by atomic mass is 9.82. The molecule has 0 bridgehead atoms. The molecule has 1 saturated heterocycles. The lowest BCUT2D eigenvalue weighted by molar-refractivity contribution is 0.210. The highest BCUT2D eigenvalue weighted by Crippen LogP contribution is 2.49. The van der Waals surface area contributed by atoms with E-state index in [1.54, 1.807) is 35.7 Å². The molecule has 1 fully saturated rings. The summed E-state index contributed by atoms with van der Waals surface area (Å²) >= 11 is 0. The number of nitrogens with one attached hydrogen (secondary N) is 1. The summed E-state index contributed by atoms with van der Waals surface area (Å²) in [5, 5.41) is 13.5. The van der Waals surface area contributed by atoms with Crippen LogP contribution in [-0.4, -0.2) is 51.2 Å². The Bertz CT molecular complexity index is 1310. The molecule has 0 aromatic heterocycles. The van der Waals surface area contributed by atoms with Crippen LogP contribution in [-0.2, 0) is 10.0 Å². The Kier molecular flexibility index (Phi) is 5.97. The minimum absolute atomic E-state index is 0.0431. The predicted molar refractivity (Wildman–Crippen MR) is 131 cm³/mol. The number of sulfonamides is 1. The summed E-state index contributed by atoms with van der Waals surface area (Å²) in [5.74, 6) is 1.21. The lowest BCUT2D eigenvalue weighted by Gasteiger charge is -2.39. The standard InChI is InChI=1S/C26H28N2O5S/c1-32-19-6-3-5-17(13-19)18-9-10-24-23(14-18)26-22(25(16-29)27-24)11-12-28(26)34(30,31)21-8-4-7-20(15-21)33-2/h3-10,13-15,22,25-27,29H,11-12,16H2,1-2H3/t22-,25+,26-/m0/s1. The Balaban J connectivity index is 1.60. The summed E-state index contributed by atoms with van der Waals surface area (Å²) in [6, 6.07) is 19.8. The number of aliphatic hydroxyl groups is 1. The van der Waals surface area contributed by atoms with Gasteiger partial charge in [-0.05, 0) is 59.5 Å². The van der Waals surface area contributed by atoms with Crippen LogP contribution in [0.1, 0.15) is 18.0 Å². The summed E-state index contributed by atoms with van der Waals surface area (Å²) in [7, 11) is -0.626. The number of ether oxygens (including phenoxy) is 2. The van der Waals surface area contributed by atoms with Gasteiger partial charge >= 0.3 is 0 Å². The molecule has 0 radical (unpaired) electrons. The Morgan fingerprint density at radius 2 is 1.68 bits per heavy atom. The first-order valence-electron chi connectivity index (χ1n) is 11.3. The highest BCUT2D eigenvalue weighted by atomic mass is 32.2. The summed E-state index contributed by atoms with van der Waals surface area (Å²) in [6.07, 6.45) is 0.662. The van der Waals surface area contributed by atoms with E-state index >= 15 is 0 Å². The monoisotopic (exact) mass is 480 g/mol. The van der Waals surface area contributed by atoms with Crippen molar-refractivity contribution in [2.75, 3.05) is 32.7 Å². The van der Waals surface area contributed by atoms with E-state index in [9.17, 15) is 13.5 Å². The molecule has 0 aliphatic carbocycles. The van der Waals surface area contributed by atoms with Crippen LogP contribution in [0.25, 0.3) is 11.1 Å². The van der Waals surface area contributed by atoms with Crippen LogP contribution >= 0.6 is 0 Å². The number of anilines is 1. The maximum Gasteiger partial charge on any atom is 0.243 e. The maximum atomic E-state index is 13.8. The number of nitrogens with zero attached hydrogens (tertiary/aromatic N) is 1. The van der Waals surface area contributed by atoms with Gasteiger partial charge in [0.05, 0.1) is 37.8 Å². The third-order valence-corrected chi connectivity index (χ3v) is 8.75. The Morgan fingerprint density at radius 1 is 0.971 bits per heavy atom. The normalized spacial score (nSPS) is 21.9. The zero-order valence-corrected chi connectivity index (χ0v) is 20.0. The van der Waals surface area contributed by atoms with Gasteiger partial charge in [0.1, 0.15) is 11.5 Å². The number of hydrogen-bond donors (Lipinski definition) is 2. The molecule has 0 spiro atoms. The SMILES string of the molecule is COc1cccc(-c2ccc3c(c2)[C@@H]2[C@@H](CCN2S(=O)(=O)c2cccc(OC)c2)[C@@H](CO)N3)c1. The molecule has 0 unspecified atom stereocenters. The van der Waals surface area contributed by atoms with Gasteiger partial charge in [0, 0.05) is 24.2 Å². The molecule has 34 heavy (non-hydrogen) atoms. The van der Waals surface area contributed by atoms with Crippen molar-refractivity contribution in [1.29, 1.82) is 0 Å². The second-order valence-corrected chi connectivity index (χ2v) is 10.6. The Morgan fingerprint density at radius 3 is 2.41 bits per heavy atom. The van der Waals surface area contributed by atoms with Crippen molar-refractivity contribution in [3.8, 4) is 22.6 Å². The molecule has 2 heterocycles. The molecule has 2 N–H and O–H groups in total. The van der Waals surface area contributed by atoms with Gasteiger partial charge in [0.15, 0.2) is 0 Å². The summed E-state index contributed by atoms with van der Waals surface area (Å²) in [6.45, 7) is 0.321. The summed E-state index contributed by atoms with van der Waals surface area (Å²) in [4.78, 5) is 0.206. The molecule has 8 heteroatoms. The van der Waals surface area contributed by atoms with Gasteiger partial charge in [-0.25, -0.2) is 8.42 Å². The topological polar surface area (TPSA) is 88.1 Å². The number of fused-ring (bicyclic) bond motifs is 3. The van der Waals surface area contributed by atoms with Crippen LogP contribution in [0.4, 0.5) is 5.69 Å². The zero-order valence-electron chi connectivity index (χ0n) is 19.1. The number of benzene rings is 3. The first-order chi connectivity index (χ1) is 16.5. The van der Waals surface area contributed by atoms with Gasteiger partial charge in [-0.3, -0.25) is 0 Å². The number of aliphatic hydroxyl groups excluding tert-OH is 1. The number of methoxy groups -OCH3 is 2. The number of rotatable bonds is 6. The molecular formula is C26H28N2O5S. The highest BCUT2D eigenvalue weighted by molar-refractivity contribution is 7.89. The second kappa shape index (κ2) is 8.94.